The summed E-state index contributed by atoms with van der Waals surface area (Å²) in [6.07, 6.45) is 8.18. The Bertz CT molecular complexity index is 1340. The Morgan fingerprint density at radius 3 is 2.50 bits per heavy atom. The van der Waals surface area contributed by atoms with Crippen molar-refractivity contribution in [3.8, 4) is 0 Å². The summed E-state index contributed by atoms with van der Waals surface area (Å²) in [6, 6.07) is 6.31. The number of aryl methyl sites for hydroxylation is 1. The molecular formula is C32H45N5O5. The van der Waals surface area contributed by atoms with Crippen LogP contribution in [-0.2, 0) is 22.4 Å². The molecule has 0 saturated carbocycles. The van der Waals surface area contributed by atoms with Gasteiger partial charge in [-0.2, -0.15) is 0 Å². The topological polar surface area (TPSA) is 130 Å². The smallest absolute Gasteiger partial charge is 0.360 e. The summed E-state index contributed by atoms with van der Waals surface area (Å²) in [5.74, 6) is -0.00896. The summed E-state index contributed by atoms with van der Waals surface area (Å²) in [5, 5.41) is 7.15. The van der Waals surface area contributed by atoms with E-state index in [9.17, 15) is 14.4 Å². The first kappa shape index (κ1) is 31.1. The molecule has 1 aromatic carbocycles. The summed E-state index contributed by atoms with van der Waals surface area (Å²) in [6.45, 7) is 9.39. The monoisotopic (exact) mass is 579 g/mol. The highest BCUT2D eigenvalue weighted by Crippen LogP contribution is 2.27. The summed E-state index contributed by atoms with van der Waals surface area (Å²) in [4.78, 5) is 49.5. The molecule has 0 bridgehead atoms. The molecule has 3 amide bonds. The van der Waals surface area contributed by atoms with Crippen LogP contribution in [0.5, 0.6) is 0 Å². The van der Waals surface area contributed by atoms with Gasteiger partial charge in [0.2, 0.25) is 11.8 Å². The molecule has 4 rings (SSSR count). The van der Waals surface area contributed by atoms with Gasteiger partial charge in [0.1, 0.15) is 17.8 Å². The van der Waals surface area contributed by atoms with Crippen molar-refractivity contribution >= 4 is 28.8 Å². The minimum atomic E-state index is -0.735. The summed E-state index contributed by atoms with van der Waals surface area (Å²) in [5.41, 5.74) is 2.09. The molecule has 1 aliphatic rings. The van der Waals surface area contributed by atoms with E-state index in [-0.39, 0.29) is 36.0 Å². The maximum absolute atomic E-state index is 13.9. The minimum Gasteiger partial charge on any atom is -0.461 e. The quantitative estimate of drug-likeness (QED) is 0.237. The SMILES string of the molecule is CCCc1oc([C@@H](Cc2c[nH]c3ccccc23)NC(=O)[C@H](CC(C)C)NC(=O)N2CCCCCC2)nc1C(=O)OCC. The number of H-pyrrole nitrogens is 1. The van der Waals surface area contributed by atoms with Crippen molar-refractivity contribution < 1.29 is 23.5 Å². The van der Waals surface area contributed by atoms with Crippen molar-refractivity contribution in [2.45, 2.75) is 91.1 Å². The first-order valence-corrected chi connectivity index (χ1v) is 15.4. The highest BCUT2D eigenvalue weighted by Gasteiger charge is 2.31. The zero-order valence-corrected chi connectivity index (χ0v) is 25.3. The fourth-order valence-corrected chi connectivity index (χ4v) is 5.48. The van der Waals surface area contributed by atoms with Crippen LogP contribution in [0.15, 0.2) is 34.9 Å². The van der Waals surface area contributed by atoms with Crippen LogP contribution in [0, 0.1) is 5.92 Å². The molecule has 42 heavy (non-hydrogen) atoms. The van der Waals surface area contributed by atoms with E-state index in [0.29, 0.717) is 38.1 Å². The second-order valence-electron chi connectivity index (χ2n) is 11.5. The van der Waals surface area contributed by atoms with E-state index in [0.717, 1.165) is 48.6 Å². The maximum Gasteiger partial charge on any atom is 0.360 e. The number of fused-ring (bicyclic) bond motifs is 1. The Kier molecular flexibility index (Phi) is 11.0. The van der Waals surface area contributed by atoms with Crippen LogP contribution in [-0.4, -0.2) is 58.5 Å². The van der Waals surface area contributed by atoms with Crippen molar-refractivity contribution in [1.29, 1.82) is 0 Å². The lowest BCUT2D eigenvalue weighted by atomic mass is 10.0. The highest BCUT2D eigenvalue weighted by atomic mass is 16.5. The van der Waals surface area contributed by atoms with Crippen LogP contribution < -0.4 is 10.6 Å². The number of aromatic amines is 1. The molecule has 0 unspecified atom stereocenters. The number of carbonyl (C=O) groups excluding carboxylic acids is 3. The zero-order chi connectivity index (χ0) is 30.1. The van der Waals surface area contributed by atoms with Crippen molar-refractivity contribution in [2.24, 2.45) is 5.92 Å². The molecule has 1 fully saturated rings. The number of para-hydroxylation sites is 1. The van der Waals surface area contributed by atoms with Gasteiger partial charge in [0, 0.05) is 43.0 Å². The van der Waals surface area contributed by atoms with Crippen LogP contribution in [0.4, 0.5) is 4.79 Å². The summed E-state index contributed by atoms with van der Waals surface area (Å²) >= 11 is 0. The Labute approximate surface area is 248 Å². The molecule has 3 aromatic rings. The van der Waals surface area contributed by atoms with E-state index in [1.165, 1.54) is 0 Å². The van der Waals surface area contributed by atoms with Gasteiger partial charge in [-0.05, 0) is 50.2 Å². The average molecular weight is 580 g/mol. The molecule has 2 atom stereocenters. The Morgan fingerprint density at radius 1 is 1.07 bits per heavy atom. The van der Waals surface area contributed by atoms with E-state index < -0.39 is 18.1 Å². The largest absolute Gasteiger partial charge is 0.461 e. The van der Waals surface area contributed by atoms with Gasteiger partial charge < -0.3 is 29.7 Å². The molecule has 2 aromatic heterocycles. The molecule has 10 nitrogen and oxygen atoms in total. The molecular weight excluding hydrogens is 534 g/mol. The number of oxazole rings is 1. The Hall–Kier alpha value is -3.82. The molecule has 0 radical (unpaired) electrons. The third-order valence-corrected chi connectivity index (χ3v) is 7.59. The number of rotatable bonds is 12. The van der Waals surface area contributed by atoms with Crippen LogP contribution in [0.25, 0.3) is 10.9 Å². The van der Waals surface area contributed by atoms with Crippen LogP contribution in [0.1, 0.15) is 100.0 Å². The van der Waals surface area contributed by atoms with Crippen molar-refractivity contribution in [2.75, 3.05) is 19.7 Å². The van der Waals surface area contributed by atoms with E-state index >= 15 is 0 Å². The van der Waals surface area contributed by atoms with Crippen LogP contribution in [0.3, 0.4) is 0 Å². The number of hydrogen-bond acceptors (Lipinski definition) is 6. The third-order valence-electron chi connectivity index (χ3n) is 7.59. The predicted molar refractivity (Wildman–Crippen MR) is 161 cm³/mol. The molecule has 3 heterocycles. The number of ether oxygens (including phenoxy) is 1. The first-order chi connectivity index (χ1) is 20.3. The molecule has 10 heteroatoms. The van der Waals surface area contributed by atoms with E-state index in [4.69, 9.17) is 9.15 Å². The number of aromatic nitrogens is 2. The van der Waals surface area contributed by atoms with Crippen molar-refractivity contribution in [3.63, 3.8) is 0 Å². The molecule has 1 saturated heterocycles. The van der Waals surface area contributed by atoms with Gasteiger partial charge >= 0.3 is 12.0 Å². The highest BCUT2D eigenvalue weighted by molar-refractivity contribution is 5.89. The Balaban J connectivity index is 1.64. The van der Waals surface area contributed by atoms with Crippen LogP contribution >= 0.6 is 0 Å². The van der Waals surface area contributed by atoms with Crippen molar-refractivity contribution in [1.82, 2.24) is 25.5 Å². The number of carbonyl (C=O) groups is 3. The maximum atomic E-state index is 13.9. The standard InChI is InChI=1S/C32H45N5O5/c1-5-13-27-28(31(39)41-6-2)36-30(42-27)26(19-22-20-33-24-15-10-9-14-23(22)24)34-29(38)25(18-21(3)4)35-32(40)37-16-11-7-8-12-17-37/h9-10,14-15,20-21,25-26,33H,5-8,11-13,16-19H2,1-4H3,(H,34,38)(H,35,40)/t25-,26+/m0/s1. The molecule has 0 aliphatic carbocycles. The summed E-state index contributed by atoms with van der Waals surface area (Å²) in [7, 11) is 0. The number of urea groups is 1. The lowest BCUT2D eigenvalue weighted by Gasteiger charge is -2.27. The van der Waals surface area contributed by atoms with Gasteiger partial charge in [0.15, 0.2) is 5.69 Å². The third kappa shape index (κ3) is 7.92. The van der Waals surface area contributed by atoms with Gasteiger partial charge in [-0.3, -0.25) is 4.79 Å². The predicted octanol–water partition coefficient (Wildman–Crippen LogP) is 5.69. The molecule has 1 aliphatic heterocycles. The van der Waals surface area contributed by atoms with Gasteiger partial charge in [-0.1, -0.05) is 51.8 Å². The second-order valence-corrected chi connectivity index (χ2v) is 11.5. The van der Waals surface area contributed by atoms with E-state index in [2.05, 4.69) is 20.6 Å². The minimum absolute atomic E-state index is 0.139. The zero-order valence-electron chi connectivity index (χ0n) is 25.3. The number of likely N-dealkylation sites (tertiary alicyclic amines) is 1. The van der Waals surface area contributed by atoms with Crippen molar-refractivity contribution in [3.05, 3.63) is 53.4 Å². The molecule has 0 spiro atoms. The number of nitrogens with one attached hydrogen (secondary N) is 3. The lowest BCUT2D eigenvalue weighted by Crippen LogP contribution is -2.52. The van der Waals surface area contributed by atoms with Gasteiger partial charge in [0.25, 0.3) is 0 Å². The number of hydrogen-bond donors (Lipinski definition) is 3. The second kappa shape index (κ2) is 14.9. The first-order valence-electron chi connectivity index (χ1n) is 15.4. The molecule has 228 valence electrons. The molecule has 3 N–H and O–H groups in total. The number of benzene rings is 1. The van der Waals surface area contributed by atoms with E-state index in [1.807, 2.05) is 56.1 Å². The number of amides is 3. The lowest BCUT2D eigenvalue weighted by molar-refractivity contribution is -0.124. The van der Waals surface area contributed by atoms with Gasteiger partial charge in [-0.25, -0.2) is 14.6 Å². The fourth-order valence-electron chi connectivity index (χ4n) is 5.48. The fraction of sp³-hybridized carbons (Fsp3) is 0.562. The van der Waals surface area contributed by atoms with Gasteiger partial charge in [-0.15, -0.1) is 0 Å². The number of nitrogens with zero attached hydrogens (tertiary/aromatic N) is 2. The van der Waals surface area contributed by atoms with Gasteiger partial charge in [0.05, 0.1) is 6.61 Å². The number of esters is 1. The average Bonchev–Trinajstić information content (AvgIpc) is 3.46. The summed E-state index contributed by atoms with van der Waals surface area (Å²) < 4.78 is 11.4. The van der Waals surface area contributed by atoms with Crippen LogP contribution in [0.2, 0.25) is 0 Å². The van der Waals surface area contributed by atoms with E-state index in [1.54, 1.807) is 6.92 Å². The Morgan fingerprint density at radius 2 is 1.81 bits per heavy atom. The normalized spacial score (nSPS) is 15.3.